The van der Waals surface area contributed by atoms with E-state index < -0.39 is 11.4 Å². The maximum atomic E-state index is 12.5. The lowest BCUT2D eigenvalue weighted by molar-refractivity contribution is -0.168. The molecule has 1 N–H and O–H groups in total. The van der Waals surface area contributed by atoms with Crippen LogP contribution >= 0.6 is 0 Å². The van der Waals surface area contributed by atoms with Gasteiger partial charge in [0.2, 0.25) is 5.91 Å². The molecular formula is C14H24N2O3. The van der Waals surface area contributed by atoms with Crippen LogP contribution in [0.1, 0.15) is 38.5 Å². The van der Waals surface area contributed by atoms with Crippen LogP contribution in [-0.4, -0.2) is 60.0 Å². The fourth-order valence-corrected chi connectivity index (χ4v) is 3.26. The lowest BCUT2D eigenvalue weighted by Gasteiger charge is -2.50. The van der Waals surface area contributed by atoms with Gasteiger partial charge in [-0.3, -0.25) is 9.59 Å². The number of aliphatic carboxylic acids is 1. The number of hydrogen-bond acceptors (Lipinski definition) is 3. The molecule has 0 aromatic carbocycles. The van der Waals surface area contributed by atoms with E-state index in [4.69, 9.17) is 0 Å². The highest BCUT2D eigenvalue weighted by atomic mass is 16.4. The normalized spacial score (nSPS) is 23.4. The van der Waals surface area contributed by atoms with Crippen molar-refractivity contribution in [2.75, 3.05) is 27.7 Å². The Kier molecular flexibility index (Phi) is 3.60. The van der Waals surface area contributed by atoms with Gasteiger partial charge in [-0.05, 0) is 46.2 Å². The lowest BCUT2D eigenvalue weighted by atomic mass is 9.67. The highest BCUT2D eigenvalue weighted by Gasteiger charge is 2.53. The average Bonchev–Trinajstić information content (AvgIpc) is 2.19. The number of carbonyl (C=O) groups excluding carboxylic acids is 1. The van der Waals surface area contributed by atoms with Crippen LogP contribution in [0.4, 0.5) is 0 Å². The van der Waals surface area contributed by atoms with E-state index in [1.165, 1.54) is 6.42 Å². The van der Waals surface area contributed by atoms with Crippen LogP contribution in [0.2, 0.25) is 0 Å². The van der Waals surface area contributed by atoms with Crippen LogP contribution in [0.5, 0.6) is 0 Å². The highest BCUT2D eigenvalue weighted by molar-refractivity contribution is 6.02. The van der Waals surface area contributed by atoms with Crippen LogP contribution in [0.25, 0.3) is 0 Å². The Bertz CT molecular complexity index is 384. The summed E-state index contributed by atoms with van der Waals surface area (Å²) in [6.07, 6.45) is 5.16. The summed E-state index contributed by atoms with van der Waals surface area (Å²) < 4.78 is 0. The van der Waals surface area contributed by atoms with Gasteiger partial charge in [-0.25, -0.2) is 0 Å². The summed E-state index contributed by atoms with van der Waals surface area (Å²) in [6, 6.07) is 0. The Labute approximate surface area is 114 Å². The van der Waals surface area contributed by atoms with Crippen LogP contribution in [0.3, 0.4) is 0 Å². The predicted octanol–water partition coefficient (Wildman–Crippen LogP) is 1.18. The molecule has 2 fully saturated rings. The number of nitrogens with zero attached hydrogens (tertiary/aromatic N) is 2. The van der Waals surface area contributed by atoms with E-state index in [0.29, 0.717) is 19.4 Å². The predicted molar refractivity (Wildman–Crippen MR) is 71.8 cm³/mol. The number of hydrogen-bond donors (Lipinski definition) is 1. The van der Waals surface area contributed by atoms with Gasteiger partial charge in [-0.2, -0.15) is 0 Å². The third-order valence-corrected chi connectivity index (χ3v) is 5.14. The molecule has 0 heterocycles. The molecule has 0 saturated heterocycles. The third kappa shape index (κ3) is 2.14. The molecule has 1 amide bonds. The summed E-state index contributed by atoms with van der Waals surface area (Å²) in [7, 11) is 5.82. The number of rotatable bonds is 5. The minimum atomic E-state index is -1.13. The highest BCUT2D eigenvalue weighted by Crippen LogP contribution is 2.44. The zero-order chi connectivity index (χ0) is 14.3. The van der Waals surface area contributed by atoms with Crippen molar-refractivity contribution in [2.24, 2.45) is 5.41 Å². The summed E-state index contributed by atoms with van der Waals surface area (Å²) in [5.41, 5.74) is -1.08. The van der Waals surface area contributed by atoms with Gasteiger partial charge in [-0.15, -0.1) is 0 Å². The first-order valence-electron chi connectivity index (χ1n) is 7.00. The van der Waals surface area contributed by atoms with Gasteiger partial charge in [0, 0.05) is 19.1 Å². The molecule has 5 nitrogen and oxygen atoms in total. The molecule has 19 heavy (non-hydrogen) atoms. The number of amides is 1. The van der Waals surface area contributed by atoms with Crippen LogP contribution in [-0.2, 0) is 9.59 Å². The average molecular weight is 268 g/mol. The van der Waals surface area contributed by atoms with E-state index >= 15 is 0 Å². The van der Waals surface area contributed by atoms with Gasteiger partial charge in [0.1, 0.15) is 5.41 Å². The standard InChI is InChI=1S/C14H24N2O3/c1-15(2)13(6-4-7-13)10-16(3)11(17)14(12(18)19)8-5-9-14/h4-10H2,1-3H3,(H,18,19). The molecule has 0 atom stereocenters. The summed E-state index contributed by atoms with van der Waals surface area (Å²) in [5, 5.41) is 9.32. The minimum absolute atomic E-state index is 0.0495. The third-order valence-electron chi connectivity index (χ3n) is 5.14. The zero-order valence-corrected chi connectivity index (χ0v) is 12.1. The Balaban J connectivity index is 2.05. The van der Waals surface area contributed by atoms with E-state index in [2.05, 4.69) is 4.90 Å². The molecule has 2 rings (SSSR count). The summed E-state index contributed by atoms with van der Waals surface area (Å²) in [4.78, 5) is 27.7. The van der Waals surface area contributed by atoms with Gasteiger partial charge in [0.05, 0.1) is 0 Å². The number of carboxylic acid groups (broad SMARTS) is 1. The second-order valence-corrected chi connectivity index (χ2v) is 6.37. The van der Waals surface area contributed by atoms with Gasteiger partial charge in [0.15, 0.2) is 0 Å². The topological polar surface area (TPSA) is 60.9 Å². The van der Waals surface area contributed by atoms with E-state index in [0.717, 1.165) is 19.3 Å². The smallest absolute Gasteiger partial charge is 0.319 e. The van der Waals surface area contributed by atoms with Crippen LogP contribution in [0, 0.1) is 5.41 Å². The fraction of sp³-hybridized carbons (Fsp3) is 0.857. The molecule has 2 aliphatic rings. The van der Waals surface area contributed by atoms with Crippen molar-refractivity contribution in [1.82, 2.24) is 9.80 Å². The summed E-state index contributed by atoms with van der Waals surface area (Å²) in [5.74, 6) is -1.16. The van der Waals surface area contributed by atoms with E-state index in [1.807, 2.05) is 14.1 Å². The van der Waals surface area contributed by atoms with Crippen molar-refractivity contribution in [2.45, 2.75) is 44.1 Å². The molecule has 108 valence electrons. The fourth-order valence-electron chi connectivity index (χ4n) is 3.26. The van der Waals surface area contributed by atoms with Crippen molar-refractivity contribution in [3.05, 3.63) is 0 Å². The van der Waals surface area contributed by atoms with Gasteiger partial charge in [-0.1, -0.05) is 6.42 Å². The first kappa shape index (κ1) is 14.3. The maximum Gasteiger partial charge on any atom is 0.319 e. The SMILES string of the molecule is CN(CC1(N(C)C)CCC1)C(=O)C1(C(=O)O)CCC1. The van der Waals surface area contributed by atoms with Gasteiger partial charge >= 0.3 is 5.97 Å². The first-order chi connectivity index (χ1) is 8.84. The lowest BCUT2D eigenvalue weighted by Crippen LogP contribution is -2.60. The molecule has 0 bridgehead atoms. The number of carboxylic acids is 1. The summed E-state index contributed by atoms with van der Waals surface area (Å²) >= 11 is 0. The molecule has 0 unspecified atom stereocenters. The molecule has 0 aromatic rings. The number of likely N-dealkylation sites (N-methyl/N-ethyl adjacent to an activating group) is 2. The van der Waals surface area contributed by atoms with Crippen molar-refractivity contribution in [3.63, 3.8) is 0 Å². The van der Waals surface area contributed by atoms with Crippen molar-refractivity contribution in [1.29, 1.82) is 0 Å². The quantitative estimate of drug-likeness (QED) is 0.761. The summed E-state index contributed by atoms with van der Waals surface area (Å²) in [6.45, 7) is 0.633. The van der Waals surface area contributed by atoms with E-state index in [-0.39, 0.29) is 11.4 Å². The second-order valence-electron chi connectivity index (χ2n) is 6.37. The minimum Gasteiger partial charge on any atom is -0.480 e. The van der Waals surface area contributed by atoms with Crippen molar-refractivity contribution >= 4 is 11.9 Å². The Morgan fingerprint density at radius 2 is 1.58 bits per heavy atom. The van der Waals surface area contributed by atoms with Crippen LogP contribution in [0.15, 0.2) is 0 Å². The maximum absolute atomic E-state index is 12.5. The molecule has 0 aromatic heterocycles. The monoisotopic (exact) mass is 268 g/mol. The Morgan fingerprint density at radius 1 is 1.05 bits per heavy atom. The van der Waals surface area contributed by atoms with Crippen molar-refractivity contribution < 1.29 is 14.7 Å². The van der Waals surface area contributed by atoms with E-state index in [1.54, 1.807) is 11.9 Å². The Morgan fingerprint density at radius 3 is 1.84 bits per heavy atom. The van der Waals surface area contributed by atoms with Crippen LogP contribution < -0.4 is 0 Å². The first-order valence-corrected chi connectivity index (χ1v) is 7.00. The molecule has 2 saturated carbocycles. The molecular weight excluding hydrogens is 244 g/mol. The molecule has 2 aliphatic carbocycles. The van der Waals surface area contributed by atoms with E-state index in [9.17, 15) is 14.7 Å². The molecule has 0 aliphatic heterocycles. The van der Waals surface area contributed by atoms with Gasteiger partial charge in [0.25, 0.3) is 0 Å². The largest absolute Gasteiger partial charge is 0.480 e. The second kappa shape index (κ2) is 4.78. The Hall–Kier alpha value is -1.10. The molecule has 5 heteroatoms. The number of carbonyl (C=O) groups is 2. The zero-order valence-electron chi connectivity index (χ0n) is 12.1. The van der Waals surface area contributed by atoms with Gasteiger partial charge < -0.3 is 14.9 Å². The molecule has 0 spiro atoms. The van der Waals surface area contributed by atoms with Crippen molar-refractivity contribution in [3.8, 4) is 0 Å². The molecule has 0 radical (unpaired) electrons.